The molecule has 2 aliphatic heterocycles. The fourth-order valence-electron chi connectivity index (χ4n) is 3.35. The zero-order chi connectivity index (χ0) is 14.1. The smallest absolute Gasteiger partial charge is 0.138 e. The quantitative estimate of drug-likeness (QED) is 0.648. The highest BCUT2D eigenvalue weighted by atomic mass is 19.1. The second-order valence-electron chi connectivity index (χ2n) is 5.76. The van der Waals surface area contributed by atoms with Crippen molar-refractivity contribution in [2.45, 2.75) is 25.4 Å². The summed E-state index contributed by atoms with van der Waals surface area (Å²) in [7, 11) is 0. The van der Waals surface area contributed by atoms with Crippen LogP contribution >= 0.6 is 0 Å². The molecule has 0 aliphatic carbocycles. The molecule has 0 radical (unpaired) electrons. The van der Waals surface area contributed by atoms with Gasteiger partial charge in [-0.05, 0) is 25.5 Å². The zero-order valence-electron chi connectivity index (χ0n) is 11.6. The molecule has 0 saturated carbocycles. The lowest BCUT2D eigenvalue weighted by atomic mass is 10.1. The van der Waals surface area contributed by atoms with Crippen molar-refractivity contribution in [3.05, 3.63) is 35.1 Å². The van der Waals surface area contributed by atoms with Gasteiger partial charge < -0.3 is 5.73 Å². The molecule has 5 heteroatoms. The van der Waals surface area contributed by atoms with Crippen molar-refractivity contribution in [1.82, 2.24) is 9.80 Å². The summed E-state index contributed by atoms with van der Waals surface area (Å²) in [5.74, 6) is -0.543. The van der Waals surface area contributed by atoms with Gasteiger partial charge in [0.2, 0.25) is 0 Å². The number of nitrogens with one attached hydrogen (secondary N) is 1. The largest absolute Gasteiger partial charge is 0.384 e. The van der Waals surface area contributed by atoms with Crippen LogP contribution in [-0.4, -0.2) is 47.9 Å². The van der Waals surface area contributed by atoms with Crippen LogP contribution in [0, 0.1) is 11.2 Å². The van der Waals surface area contributed by atoms with Crippen molar-refractivity contribution in [1.29, 1.82) is 5.41 Å². The van der Waals surface area contributed by atoms with Gasteiger partial charge in [-0.15, -0.1) is 0 Å². The van der Waals surface area contributed by atoms with Crippen molar-refractivity contribution in [3.8, 4) is 0 Å². The maximum atomic E-state index is 14.3. The van der Waals surface area contributed by atoms with Gasteiger partial charge in [-0.2, -0.15) is 0 Å². The first-order chi connectivity index (χ1) is 9.65. The Morgan fingerprint density at radius 1 is 1.35 bits per heavy atom. The Morgan fingerprint density at radius 2 is 2.20 bits per heavy atom. The number of nitrogens with two attached hydrogens (primary N) is 1. The predicted molar refractivity (Wildman–Crippen MR) is 77.3 cm³/mol. The molecule has 1 atom stereocenters. The summed E-state index contributed by atoms with van der Waals surface area (Å²) in [6, 6.07) is 5.78. The molecular formula is C15H21FN4. The second-order valence-corrected chi connectivity index (χ2v) is 5.76. The van der Waals surface area contributed by atoms with E-state index in [-0.39, 0.29) is 17.2 Å². The molecule has 0 aromatic heterocycles. The van der Waals surface area contributed by atoms with Gasteiger partial charge in [0.1, 0.15) is 11.7 Å². The summed E-state index contributed by atoms with van der Waals surface area (Å²) >= 11 is 0. The van der Waals surface area contributed by atoms with Gasteiger partial charge in [0.25, 0.3) is 0 Å². The molecule has 2 saturated heterocycles. The second kappa shape index (κ2) is 5.50. The van der Waals surface area contributed by atoms with E-state index in [4.69, 9.17) is 11.1 Å². The molecule has 2 aliphatic rings. The maximum Gasteiger partial charge on any atom is 0.138 e. The number of benzene rings is 1. The van der Waals surface area contributed by atoms with Gasteiger partial charge in [-0.3, -0.25) is 15.2 Å². The molecule has 0 bridgehead atoms. The zero-order valence-corrected chi connectivity index (χ0v) is 11.6. The van der Waals surface area contributed by atoms with Gasteiger partial charge in [0, 0.05) is 37.8 Å². The van der Waals surface area contributed by atoms with Crippen LogP contribution in [0.3, 0.4) is 0 Å². The minimum atomic E-state index is -0.339. The van der Waals surface area contributed by atoms with Gasteiger partial charge in [-0.1, -0.05) is 12.1 Å². The van der Waals surface area contributed by atoms with Gasteiger partial charge in [0.05, 0.1) is 5.56 Å². The molecule has 2 fully saturated rings. The minimum Gasteiger partial charge on any atom is -0.384 e. The molecular weight excluding hydrogens is 255 g/mol. The number of halogens is 1. The van der Waals surface area contributed by atoms with Crippen molar-refractivity contribution in [2.75, 3.05) is 26.2 Å². The summed E-state index contributed by atoms with van der Waals surface area (Å²) in [4.78, 5) is 4.85. The summed E-state index contributed by atoms with van der Waals surface area (Å²) < 4.78 is 14.3. The van der Waals surface area contributed by atoms with E-state index in [1.165, 1.54) is 19.4 Å². The Morgan fingerprint density at radius 3 is 3.00 bits per heavy atom. The van der Waals surface area contributed by atoms with E-state index in [1.807, 2.05) is 0 Å². The average molecular weight is 276 g/mol. The van der Waals surface area contributed by atoms with E-state index in [1.54, 1.807) is 18.2 Å². The Balaban J connectivity index is 1.72. The van der Waals surface area contributed by atoms with Gasteiger partial charge >= 0.3 is 0 Å². The highest BCUT2D eigenvalue weighted by Gasteiger charge is 2.30. The molecule has 4 nitrogen and oxygen atoms in total. The van der Waals surface area contributed by atoms with E-state index in [9.17, 15) is 4.39 Å². The normalized spacial score (nSPS) is 23.8. The molecule has 20 heavy (non-hydrogen) atoms. The predicted octanol–water partition coefficient (Wildman–Crippen LogP) is 1.39. The first-order valence-corrected chi connectivity index (χ1v) is 7.23. The summed E-state index contributed by atoms with van der Waals surface area (Å²) in [5.41, 5.74) is 6.26. The van der Waals surface area contributed by atoms with Crippen LogP contribution in [0.15, 0.2) is 18.2 Å². The average Bonchev–Trinajstić information content (AvgIpc) is 2.88. The fourth-order valence-corrected chi connectivity index (χ4v) is 3.35. The summed E-state index contributed by atoms with van der Waals surface area (Å²) in [6.07, 6.45) is 2.54. The van der Waals surface area contributed by atoms with Crippen LogP contribution in [0.4, 0.5) is 4.39 Å². The van der Waals surface area contributed by atoms with Crippen LogP contribution in [0.2, 0.25) is 0 Å². The fraction of sp³-hybridized carbons (Fsp3) is 0.533. The number of hydrogen-bond donors (Lipinski definition) is 2. The molecule has 1 aromatic carbocycles. The standard InChI is InChI=1S/C15H21FN4/c16-14-11(3-1-5-13(14)15(17)18)9-19-7-8-20-6-2-4-12(20)10-19/h1,3,5,12H,2,4,6-10H2,(H3,17,18). The van der Waals surface area contributed by atoms with E-state index in [0.29, 0.717) is 18.2 Å². The SMILES string of the molecule is N=C(N)c1cccc(CN2CCN3CCCC3C2)c1F. The molecule has 0 amide bonds. The van der Waals surface area contributed by atoms with E-state index < -0.39 is 0 Å². The van der Waals surface area contributed by atoms with Crippen molar-refractivity contribution in [3.63, 3.8) is 0 Å². The highest BCUT2D eigenvalue weighted by molar-refractivity contribution is 5.95. The van der Waals surface area contributed by atoms with E-state index in [0.717, 1.165) is 19.6 Å². The lowest BCUT2D eigenvalue weighted by Crippen LogP contribution is -2.49. The number of piperazine rings is 1. The van der Waals surface area contributed by atoms with Gasteiger partial charge in [-0.25, -0.2) is 4.39 Å². The van der Waals surface area contributed by atoms with E-state index in [2.05, 4.69) is 9.80 Å². The first-order valence-electron chi connectivity index (χ1n) is 7.23. The molecule has 1 unspecified atom stereocenters. The third-order valence-electron chi connectivity index (χ3n) is 4.43. The number of fused-ring (bicyclic) bond motifs is 1. The number of amidine groups is 1. The van der Waals surface area contributed by atoms with Crippen LogP contribution in [0.25, 0.3) is 0 Å². The van der Waals surface area contributed by atoms with Crippen LogP contribution < -0.4 is 5.73 Å². The Kier molecular flexibility index (Phi) is 3.72. The molecule has 3 rings (SSSR count). The third kappa shape index (κ3) is 2.55. The number of nitrogens with zero attached hydrogens (tertiary/aromatic N) is 2. The number of hydrogen-bond acceptors (Lipinski definition) is 3. The van der Waals surface area contributed by atoms with Crippen LogP contribution in [0.1, 0.15) is 24.0 Å². The molecule has 2 heterocycles. The third-order valence-corrected chi connectivity index (χ3v) is 4.43. The summed E-state index contributed by atoms with van der Waals surface area (Å²) in [5, 5.41) is 7.41. The van der Waals surface area contributed by atoms with Crippen molar-refractivity contribution in [2.24, 2.45) is 5.73 Å². The Hall–Kier alpha value is -1.46. The first kappa shape index (κ1) is 13.5. The highest BCUT2D eigenvalue weighted by Crippen LogP contribution is 2.23. The Labute approximate surface area is 118 Å². The molecule has 1 aromatic rings. The van der Waals surface area contributed by atoms with Crippen molar-refractivity contribution < 1.29 is 4.39 Å². The molecule has 0 spiro atoms. The van der Waals surface area contributed by atoms with Gasteiger partial charge in [0.15, 0.2) is 0 Å². The number of rotatable bonds is 3. The number of nitrogen functional groups attached to an aromatic ring is 1. The van der Waals surface area contributed by atoms with Crippen LogP contribution in [-0.2, 0) is 6.54 Å². The topological polar surface area (TPSA) is 56.4 Å². The lowest BCUT2D eigenvalue weighted by Gasteiger charge is -2.37. The Bertz CT molecular complexity index is 517. The molecule has 108 valence electrons. The lowest BCUT2D eigenvalue weighted by molar-refractivity contribution is 0.0985. The van der Waals surface area contributed by atoms with E-state index >= 15 is 0 Å². The van der Waals surface area contributed by atoms with Crippen molar-refractivity contribution >= 4 is 5.84 Å². The molecule has 3 N–H and O–H groups in total. The summed E-state index contributed by atoms with van der Waals surface area (Å²) in [6.45, 7) is 4.91. The maximum absolute atomic E-state index is 14.3. The minimum absolute atomic E-state index is 0.204. The van der Waals surface area contributed by atoms with Crippen LogP contribution in [0.5, 0.6) is 0 Å². The monoisotopic (exact) mass is 276 g/mol.